The van der Waals surface area contributed by atoms with Crippen molar-refractivity contribution in [3.05, 3.63) is 35.9 Å². The van der Waals surface area contributed by atoms with E-state index in [0.29, 0.717) is 5.92 Å². The number of aryl methyl sites for hydroxylation is 1. The van der Waals surface area contributed by atoms with Crippen molar-refractivity contribution in [2.45, 2.75) is 51.7 Å². The van der Waals surface area contributed by atoms with Crippen LogP contribution in [0, 0.1) is 5.92 Å². The van der Waals surface area contributed by atoms with E-state index in [1.807, 2.05) is 18.2 Å². The highest BCUT2D eigenvalue weighted by molar-refractivity contribution is 5.75. The molecule has 0 fully saturated rings. The third kappa shape index (κ3) is 7.25. The second kappa shape index (κ2) is 9.53. The third-order valence-electron chi connectivity index (χ3n) is 3.45. The molecule has 4 heteroatoms. The zero-order valence-corrected chi connectivity index (χ0v) is 13.0. The van der Waals surface area contributed by atoms with E-state index in [2.05, 4.69) is 26.0 Å². The van der Waals surface area contributed by atoms with E-state index in [1.165, 1.54) is 5.56 Å². The highest BCUT2D eigenvalue weighted by Gasteiger charge is 2.20. The lowest BCUT2D eigenvalue weighted by atomic mass is 10.00. The highest BCUT2D eigenvalue weighted by Crippen LogP contribution is 2.16. The van der Waals surface area contributed by atoms with E-state index in [9.17, 15) is 4.79 Å². The van der Waals surface area contributed by atoms with E-state index in [-0.39, 0.29) is 12.7 Å². The molecule has 0 saturated carbocycles. The topological polar surface area (TPSA) is 72.5 Å². The summed E-state index contributed by atoms with van der Waals surface area (Å²) >= 11 is 0. The van der Waals surface area contributed by atoms with Gasteiger partial charge < -0.3 is 15.6 Å². The minimum atomic E-state index is -0.941. The van der Waals surface area contributed by atoms with E-state index < -0.39 is 12.0 Å². The number of hydrogen-bond donors (Lipinski definition) is 2. The quantitative estimate of drug-likeness (QED) is 0.685. The Morgan fingerprint density at radius 3 is 2.43 bits per heavy atom. The van der Waals surface area contributed by atoms with Crippen LogP contribution < -0.4 is 5.73 Å². The van der Waals surface area contributed by atoms with Crippen molar-refractivity contribution in [3.8, 4) is 0 Å². The molecule has 0 bridgehead atoms. The van der Waals surface area contributed by atoms with Crippen LogP contribution in [0.4, 0.5) is 0 Å². The van der Waals surface area contributed by atoms with Gasteiger partial charge >= 0.3 is 5.97 Å². The van der Waals surface area contributed by atoms with Gasteiger partial charge in [-0.05, 0) is 37.2 Å². The molecule has 0 aromatic heterocycles. The van der Waals surface area contributed by atoms with Gasteiger partial charge in [-0.1, -0.05) is 44.2 Å². The van der Waals surface area contributed by atoms with Crippen LogP contribution in [-0.2, 0) is 16.0 Å². The van der Waals surface area contributed by atoms with E-state index in [0.717, 1.165) is 25.7 Å². The molecule has 1 aromatic carbocycles. The van der Waals surface area contributed by atoms with Gasteiger partial charge in [0.05, 0.1) is 6.61 Å². The predicted molar refractivity (Wildman–Crippen MR) is 83.8 cm³/mol. The number of aliphatic hydroxyl groups is 1. The Kier molecular flexibility index (Phi) is 8.01. The fourth-order valence-electron chi connectivity index (χ4n) is 2.08. The van der Waals surface area contributed by atoms with E-state index in [4.69, 9.17) is 15.6 Å². The van der Waals surface area contributed by atoms with Crippen LogP contribution >= 0.6 is 0 Å². The molecule has 2 atom stereocenters. The Morgan fingerprint density at radius 2 is 1.86 bits per heavy atom. The maximum Gasteiger partial charge on any atom is 0.325 e. The molecular weight excluding hydrogens is 266 g/mol. The van der Waals surface area contributed by atoms with E-state index in [1.54, 1.807) is 0 Å². The molecule has 0 spiro atoms. The molecular formula is C17H27NO3. The molecule has 3 N–H and O–H groups in total. The maximum atomic E-state index is 11.7. The predicted octanol–water partition coefficient (Wildman–Crippen LogP) is 2.29. The summed E-state index contributed by atoms with van der Waals surface area (Å²) in [6.07, 6.45) is 3.33. The molecule has 1 aromatic rings. The molecule has 0 aliphatic rings. The minimum absolute atomic E-state index is 0.141. The van der Waals surface area contributed by atoms with Crippen molar-refractivity contribution in [1.29, 1.82) is 0 Å². The summed E-state index contributed by atoms with van der Waals surface area (Å²) < 4.78 is 5.45. The normalized spacial score (nSPS) is 14.0. The molecule has 4 nitrogen and oxygen atoms in total. The summed E-state index contributed by atoms with van der Waals surface area (Å²) in [5.41, 5.74) is 6.73. The monoisotopic (exact) mass is 293 g/mol. The Labute approximate surface area is 127 Å². The van der Waals surface area contributed by atoms with Crippen LogP contribution in [0.25, 0.3) is 0 Å². The number of carbonyl (C=O) groups is 1. The first kappa shape index (κ1) is 17.7. The summed E-state index contributed by atoms with van der Waals surface area (Å²) in [5.74, 6) is 0.0498. The zero-order valence-electron chi connectivity index (χ0n) is 13.0. The van der Waals surface area contributed by atoms with Gasteiger partial charge in [-0.3, -0.25) is 4.79 Å². The molecule has 118 valence electrons. The lowest BCUT2D eigenvalue weighted by Gasteiger charge is -2.20. The standard InChI is InChI=1S/C17H27NO3/c1-13(2)8-10-15(21-17(20)16(18)12-19)11-9-14-6-4-3-5-7-14/h3-7,13,15-16,19H,8-12,18H2,1-2H3/t15-,16?/m1/s1. The van der Waals surface area contributed by atoms with Gasteiger partial charge in [0.15, 0.2) is 0 Å². The van der Waals surface area contributed by atoms with Crippen molar-refractivity contribution in [1.82, 2.24) is 0 Å². The van der Waals surface area contributed by atoms with Gasteiger partial charge in [0.2, 0.25) is 0 Å². The average molecular weight is 293 g/mol. The maximum absolute atomic E-state index is 11.7. The molecule has 0 amide bonds. The minimum Gasteiger partial charge on any atom is -0.461 e. The average Bonchev–Trinajstić information content (AvgIpc) is 2.49. The number of hydrogen-bond acceptors (Lipinski definition) is 4. The smallest absolute Gasteiger partial charge is 0.325 e. The molecule has 0 aliphatic carbocycles. The lowest BCUT2D eigenvalue weighted by Crippen LogP contribution is -2.38. The number of benzene rings is 1. The van der Waals surface area contributed by atoms with Crippen molar-refractivity contribution in [2.75, 3.05) is 6.61 Å². The summed E-state index contributed by atoms with van der Waals surface area (Å²) in [6.45, 7) is 3.92. The fourth-order valence-corrected chi connectivity index (χ4v) is 2.08. The van der Waals surface area contributed by atoms with Crippen molar-refractivity contribution in [2.24, 2.45) is 11.7 Å². The van der Waals surface area contributed by atoms with Crippen LogP contribution in [-0.4, -0.2) is 29.8 Å². The fraction of sp³-hybridized carbons (Fsp3) is 0.588. The largest absolute Gasteiger partial charge is 0.461 e. The van der Waals surface area contributed by atoms with Crippen molar-refractivity contribution < 1.29 is 14.6 Å². The zero-order chi connectivity index (χ0) is 15.7. The number of nitrogens with two attached hydrogens (primary N) is 1. The third-order valence-corrected chi connectivity index (χ3v) is 3.45. The Morgan fingerprint density at radius 1 is 1.19 bits per heavy atom. The molecule has 21 heavy (non-hydrogen) atoms. The van der Waals surface area contributed by atoms with Crippen LogP contribution in [0.1, 0.15) is 38.7 Å². The van der Waals surface area contributed by atoms with Crippen LogP contribution in [0.5, 0.6) is 0 Å². The van der Waals surface area contributed by atoms with Crippen LogP contribution in [0.3, 0.4) is 0 Å². The first-order valence-electron chi connectivity index (χ1n) is 7.63. The molecule has 1 unspecified atom stereocenters. The number of carbonyl (C=O) groups excluding carboxylic acids is 1. The number of rotatable bonds is 9. The van der Waals surface area contributed by atoms with Crippen molar-refractivity contribution in [3.63, 3.8) is 0 Å². The van der Waals surface area contributed by atoms with Gasteiger partial charge in [-0.25, -0.2) is 0 Å². The SMILES string of the molecule is CC(C)CC[C@H](CCc1ccccc1)OC(=O)C(N)CO. The second-order valence-corrected chi connectivity index (χ2v) is 5.84. The number of aliphatic hydroxyl groups excluding tert-OH is 1. The molecule has 0 aliphatic heterocycles. The first-order valence-corrected chi connectivity index (χ1v) is 7.63. The van der Waals surface area contributed by atoms with Gasteiger partial charge in [-0.15, -0.1) is 0 Å². The summed E-state index contributed by atoms with van der Waals surface area (Å²) in [4.78, 5) is 11.7. The Bertz CT molecular complexity index is 406. The number of ether oxygens (including phenoxy) is 1. The van der Waals surface area contributed by atoms with E-state index >= 15 is 0 Å². The van der Waals surface area contributed by atoms with Crippen LogP contribution in [0.2, 0.25) is 0 Å². The Hall–Kier alpha value is -1.39. The van der Waals surface area contributed by atoms with Gasteiger partial charge in [0, 0.05) is 0 Å². The summed E-state index contributed by atoms with van der Waals surface area (Å²) in [7, 11) is 0. The summed E-state index contributed by atoms with van der Waals surface area (Å²) in [5, 5.41) is 8.92. The first-order chi connectivity index (χ1) is 10.0. The van der Waals surface area contributed by atoms with Crippen LogP contribution in [0.15, 0.2) is 30.3 Å². The number of esters is 1. The molecule has 0 heterocycles. The highest BCUT2D eigenvalue weighted by atomic mass is 16.5. The Balaban J connectivity index is 2.53. The second-order valence-electron chi connectivity index (χ2n) is 5.84. The lowest BCUT2D eigenvalue weighted by molar-refractivity contribution is -0.152. The molecule has 0 radical (unpaired) electrons. The summed E-state index contributed by atoms with van der Waals surface area (Å²) in [6, 6.07) is 9.20. The van der Waals surface area contributed by atoms with Gasteiger partial charge in [0.1, 0.15) is 12.1 Å². The molecule has 0 saturated heterocycles. The molecule has 1 rings (SSSR count). The van der Waals surface area contributed by atoms with Gasteiger partial charge in [-0.2, -0.15) is 0 Å². The van der Waals surface area contributed by atoms with Gasteiger partial charge in [0.25, 0.3) is 0 Å². The van der Waals surface area contributed by atoms with Crippen molar-refractivity contribution >= 4 is 5.97 Å².